The fourth-order valence-corrected chi connectivity index (χ4v) is 6.46. The lowest BCUT2D eigenvalue weighted by Crippen LogP contribution is -2.44. The Morgan fingerprint density at radius 1 is 1.14 bits per heavy atom. The molecule has 0 bridgehead atoms. The average Bonchev–Trinajstić information content (AvgIpc) is 3.14. The molecule has 192 valence electrons. The van der Waals surface area contributed by atoms with Gasteiger partial charge in [-0.15, -0.1) is 11.8 Å². The summed E-state index contributed by atoms with van der Waals surface area (Å²) in [4.78, 5) is 14.3. The van der Waals surface area contributed by atoms with Crippen LogP contribution in [-0.4, -0.2) is 60.5 Å². The summed E-state index contributed by atoms with van der Waals surface area (Å²) >= 11 is 2.80. The Morgan fingerprint density at radius 2 is 1.94 bits per heavy atom. The van der Waals surface area contributed by atoms with Crippen molar-refractivity contribution in [3.8, 4) is 15.6 Å². The van der Waals surface area contributed by atoms with Crippen molar-refractivity contribution in [1.29, 1.82) is 0 Å². The van der Waals surface area contributed by atoms with Gasteiger partial charge in [0.15, 0.2) is 5.06 Å². The van der Waals surface area contributed by atoms with E-state index in [0.29, 0.717) is 16.5 Å². The summed E-state index contributed by atoms with van der Waals surface area (Å²) in [5.41, 5.74) is 2.02. The topological polar surface area (TPSA) is 53.5 Å². The molecule has 36 heavy (non-hydrogen) atoms. The molecule has 6 nitrogen and oxygen atoms in total. The van der Waals surface area contributed by atoms with Gasteiger partial charge in [0.25, 0.3) is 0 Å². The van der Waals surface area contributed by atoms with Crippen LogP contribution < -0.4 is 15.0 Å². The maximum Gasteiger partial charge on any atom is 0.420 e. The molecule has 1 fully saturated rings. The molecule has 3 aromatic rings. The predicted molar refractivity (Wildman–Crippen MR) is 140 cm³/mol. The Labute approximate surface area is 216 Å². The highest BCUT2D eigenvalue weighted by molar-refractivity contribution is 7.99. The number of hydrogen-bond donors (Lipinski definition) is 1. The highest BCUT2D eigenvalue weighted by Gasteiger charge is 2.36. The standard InChI is InChI=1S/C25H28F3N5OS2/c1-3-16-13-17(33-9-7-32(2)8-10-33)5-6-19(16)30-24-29-15-18(25(26,27)28)22(31-24)20-14-21-23(36-20)34-11-4-12-35-21/h5-6,13-15H,3-4,7-12H2,1-2H3,(H,29,30,31). The number of thiophene rings is 1. The summed E-state index contributed by atoms with van der Waals surface area (Å²) in [6.45, 7) is 6.57. The van der Waals surface area contributed by atoms with Crippen molar-refractivity contribution >= 4 is 40.4 Å². The summed E-state index contributed by atoms with van der Waals surface area (Å²) in [5.74, 6) is 1.01. The molecule has 0 atom stereocenters. The Kier molecular flexibility index (Phi) is 7.32. The smallest absolute Gasteiger partial charge is 0.420 e. The third kappa shape index (κ3) is 5.42. The van der Waals surface area contributed by atoms with Crippen LogP contribution in [0.25, 0.3) is 10.6 Å². The molecule has 11 heteroatoms. The molecule has 0 saturated carbocycles. The predicted octanol–water partition coefficient (Wildman–Crippen LogP) is 6.16. The first-order valence-electron chi connectivity index (χ1n) is 12.0. The summed E-state index contributed by atoms with van der Waals surface area (Å²) in [6, 6.07) is 7.90. The molecule has 1 saturated heterocycles. The number of nitrogens with one attached hydrogen (secondary N) is 1. The number of aromatic nitrogens is 2. The molecule has 0 aliphatic carbocycles. The molecule has 1 N–H and O–H groups in total. The first-order valence-corrected chi connectivity index (χ1v) is 13.8. The van der Waals surface area contributed by atoms with Gasteiger partial charge in [-0.1, -0.05) is 18.3 Å². The zero-order valence-electron chi connectivity index (χ0n) is 20.2. The number of rotatable bonds is 5. The molecule has 0 radical (unpaired) electrons. The molecule has 2 aliphatic heterocycles. The van der Waals surface area contributed by atoms with Crippen LogP contribution in [0.15, 0.2) is 35.4 Å². The van der Waals surface area contributed by atoms with Crippen molar-refractivity contribution in [2.24, 2.45) is 0 Å². The molecule has 4 heterocycles. The Morgan fingerprint density at radius 3 is 2.69 bits per heavy atom. The van der Waals surface area contributed by atoms with E-state index in [2.05, 4.69) is 45.1 Å². The van der Waals surface area contributed by atoms with E-state index in [9.17, 15) is 13.2 Å². The van der Waals surface area contributed by atoms with Crippen LogP contribution in [-0.2, 0) is 12.6 Å². The summed E-state index contributed by atoms with van der Waals surface area (Å²) in [6.07, 6.45) is -2.02. The number of aryl methyl sites for hydroxylation is 1. The first-order chi connectivity index (χ1) is 17.3. The maximum atomic E-state index is 13.9. The van der Waals surface area contributed by atoms with Crippen molar-refractivity contribution < 1.29 is 17.9 Å². The van der Waals surface area contributed by atoms with Crippen LogP contribution >= 0.6 is 23.1 Å². The van der Waals surface area contributed by atoms with Gasteiger partial charge in [-0.3, -0.25) is 0 Å². The number of benzene rings is 1. The maximum absolute atomic E-state index is 13.9. The summed E-state index contributed by atoms with van der Waals surface area (Å²) < 4.78 is 47.3. The van der Waals surface area contributed by atoms with Crippen LogP contribution in [0.2, 0.25) is 0 Å². The number of likely N-dealkylation sites (N-methyl/N-ethyl adjacent to an activating group) is 1. The number of ether oxygens (including phenoxy) is 1. The van der Waals surface area contributed by atoms with Crippen LogP contribution in [0.5, 0.6) is 5.06 Å². The minimum Gasteiger partial charge on any atom is -0.483 e. The second kappa shape index (κ2) is 10.5. The first kappa shape index (κ1) is 25.2. The van der Waals surface area contributed by atoms with E-state index in [4.69, 9.17) is 4.74 Å². The van der Waals surface area contributed by atoms with Crippen LogP contribution in [0.3, 0.4) is 0 Å². The number of thioether (sulfide) groups is 1. The van der Waals surface area contributed by atoms with E-state index >= 15 is 0 Å². The van der Waals surface area contributed by atoms with Gasteiger partial charge in [0, 0.05) is 49.5 Å². The minimum atomic E-state index is -4.57. The third-order valence-electron chi connectivity index (χ3n) is 6.36. The zero-order chi connectivity index (χ0) is 25.3. The lowest BCUT2D eigenvalue weighted by molar-refractivity contribution is -0.137. The number of hydrogen-bond acceptors (Lipinski definition) is 8. The number of anilines is 3. The van der Waals surface area contributed by atoms with Gasteiger partial charge in [-0.05, 0) is 49.7 Å². The fourth-order valence-electron chi connectivity index (χ4n) is 4.30. The van der Waals surface area contributed by atoms with E-state index in [1.807, 2.05) is 12.1 Å². The molecule has 2 aliphatic rings. The average molecular weight is 536 g/mol. The highest BCUT2D eigenvalue weighted by Crippen LogP contribution is 2.46. The van der Waals surface area contributed by atoms with E-state index in [0.717, 1.165) is 72.8 Å². The van der Waals surface area contributed by atoms with Crippen LogP contribution in [0.4, 0.5) is 30.5 Å². The summed E-state index contributed by atoms with van der Waals surface area (Å²) in [5, 5.41) is 3.83. The fraction of sp³-hybridized carbons (Fsp3) is 0.440. The zero-order valence-corrected chi connectivity index (χ0v) is 21.8. The molecule has 0 amide bonds. The van der Waals surface area contributed by atoms with Crippen molar-refractivity contribution in [3.63, 3.8) is 0 Å². The van der Waals surface area contributed by atoms with Crippen molar-refractivity contribution in [2.75, 3.05) is 55.8 Å². The van der Waals surface area contributed by atoms with Gasteiger partial charge in [-0.25, -0.2) is 9.97 Å². The van der Waals surface area contributed by atoms with E-state index in [1.54, 1.807) is 17.8 Å². The van der Waals surface area contributed by atoms with Gasteiger partial charge in [0.05, 0.1) is 22.1 Å². The van der Waals surface area contributed by atoms with Crippen molar-refractivity contribution in [2.45, 2.75) is 30.8 Å². The number of alkyl halides is 3. The lowest BCUT2D eigenvalue weighted by Gasteiger charge is -2.34. The van der Waals surface area contributed by atoms with E-state index in [-0.39, 0.29) is 11.6 Å². The van der Waals surface area contributed by atoms with Gasteiger partial charge in [-0.2, -0.15) is 13.2 Å². The number of halogens is 3. The molecule has 0 unspecified atom stereocenters. The number of piperazine rings is 1. The van der Waals surface area contributed by atoms with Crippen LogP contribution in [0, 0.1) is 0 Å². The second-order valence-corrected chi connectivity index (χ2v) is 11.0. The molecule has 5 rings (SSSR count). The van der Waals surface area contributed by atoms with Crippen LogP contribution in [0.1, 0.15) is 24.5 Å². The molecule has 0 spiro atoms. The van der Waals surface area contributed by atoms with Gasteiger partial charge < -0.3 is 19.9 Å². The van der Waals surface area contributed by atoms with Crippen molar-refractivity contribution in [3.05, 3.63) is 41.6 Å². The quantitative estimate of drug-likeness (QED) is 0.420. The number of nitrogens with zero attached hydrogens (tertiary/aromatic N) is 4. The highest BCUT2D eigenvalue weighted by atomic mass is 32.2. The van der Waals surface area contributed by atoms with Gasteiger partial charge >= 0.3 is 6.18 Å². The molecular weight excluding hydrogens is 507 g/mol. The summed E-state index contributed by atoms with van der Waals surface area (Å²) in [7, 11) is 2.12. The largest absolute Gasteiger partial charge is 0.483 e. The molecule has 1 aromatic carbocycles. The Bertz CT molecular complexity index is 1200. The third-order valence-corrected chi connectivity index (χ3v) is 8.65. The lowest BCUT2D eigenvalue weighted by atomic mass is 10.1. The monoisotopic (exact) mass is 535 g/mol. The Balaban J connectivity index is 1.45. The van der Waals surface area contributed by atoms with Gasteiger partial charge in [0.1, 0.15) is 5.56 Å². The van der Waals surface area contributed by atoms with E-state index in [1.165, 1.54) is 11.3 Å². The van der Waals surface area contributed by atoms with Gasteiger partial charge in [0.2, 0.25) is 5.95 Å². The van der Waals surface area contributed by atoms with Crippen molar-refractivity contribution in [1.82, 2.24) is 14.9 Å². The normalized spacial score (nSPS) is 16.9. The second-order valence-electron chi connectivity index (χ2n) is 8.88. The Hall–Kier alpha value is -2.50. The molecule has 2 aromatic heterocycles. The minimum absolute atomic E-state index is 0.130. The SMILES string of the molecule is CCc1cc(N2CCN(C)CC2)ccc1Nc1ncc(C(F)(F)F)c(-c2cc3c(s2)OCCCS3)n1. The van der Waals surface area contributed by atoms with E-state index < -0.39 is 11.7 Å². The molecular formula is C25H28F3N5OS2. The number of fused-ring (bicyclic) bond motifs is 1.